The molecule has 0 fully saturated rings. The highest BCUT2D eigenvalue weighted by molar-refractivity contribution is 7.07. The van der Waals surface area contributed by atoms with Gasteiger partial charge in [0.15, 0.2) is 4.80 Å². The molecule has 0 N–H and O–H groups in total. The van der Waals surface area contributed by atoms with Gasteiger partial charge in [0.1, 0.15) is 18.1 Å². The van der Waals surface area contributed by atoms with E-state index in [4.69, 9.17) is 14.2 Å². The average Bonchev–Trinajstić information content (AvgIpc) is 3.26. The molecule has 0 bridgehead atoms. The van der Waals surface area contributed by atoms with Crippen LogP contribution in [0.5, 0.6) is 11.5 Å². The Morgan fingerprint density at radius 3 is 2.36 bits per heavy atom. The number of carbonyl (C=O) groups excluding carboxylic acids is 1. The number of benzene rings is 3. The number of rotatable bonds is 8. The van der Waals surface area contributed by atoms with Gasteiger partial charge in [-0.05, 0) is 60.9 Å². The minimum Gasteiger partial charge on any atom is -0.497 e. The fraction of sp³-hybridized carbons (Fsp3) is 0.194. The molecule has 1 atom stereocenters. The fourth-order valence-electron chi connectivity index (χ4n) is 4.45. The largest absolute Gasteiger partial charge is 0.497 e. The number of aromatic nitrogens is 1. The molecule has 198 valence electrons. The van der Waals surface area contributed by atoms with Gasteiger partial charge in [0.05, 0.1) is 35.6 Å². The first-order valence-electron chi connectivity index (χ1n) is 12.6. The van der Waals surface area contributed by atoms with Crippen molar-refractivity contribution < 1.29 is 19.0 Å². The molecule has 4 aromatic rings. The van der Waals surface area contributed by atoms with Crippen LogP contribution in [0, 0.1) is 0 Å². The first-order chi connectivity index (χ1) is 19.0. The average molecular weight is 541 g/mol. The van der Waals surface area contributed by atoms with Crippen molar-refractivity contribution >= 4 is 23.4 Å². The van der Waals surface area contributed by atoms with Crippen LogP contribution in [0.15, 0.2) is 99.9 Å². The molecule has 0 saturated carbocycles. The number of thiazole rings is 1. The lowest BCUT2D eigenvalue weighted by Gasteiger charge is -2.24. The molecule has 8 heteroatoms. The molecule has 0 radical (unpaired) electrons. The van der Waals surface area contributed by atoms with E-state index in [9.17, 15) is 9.59 Å². The van der Waals surface area contributed by atoms with E-state index in [0.29, 0.717) is 33.0 Å². The molecule has 2 heterocycles. The van der Waals surface area contributed by atoms with E-state index in [1.807, 2.05) is 84.9 Å². The highest BCUT2D eigenvalue weighted by Crippen LogP contribution is 2.31. The quantitative estimate of drug-likeness (QED) is 0.310. The summed E-state index contributed by atoms with van der Waals surface area (Å²) in [4.78, 5) is 31.9. The molecule has 1 aliphatic heterocycles. The van der Waals surface area contributed by atoms with Gasteiger partial charge in [0, 0.05) is 0 Å². The predicted octanol–water partition coefficient (Wildman–Crippen LogP) is 4.39. The topological polar surface area (TPSA) is 79.1 Å². The van der Waals surface area contributed by atoms with Crippen molar-refractivity contribution in [2.75, 3.05) is 13.7 Å². The van der Waals surface area contributed by atoms with Crippen LogP contribution in [-0.4, -0.2) is 24.3 Å². The highest BCUT2D eigenvalue weighted by atomic mass is 32.1. The lowest BCUT2D eigenvalue weighted by atomic mass is 9.96. The number of hydrogen-bond donors (Lipinski definition) is 0. The van der Waals surface area contributed by atoms with Crippen molar-refractivity contribution in [1.29, 1.82) is 0 Å². The number of esters is 1. The molecule has 39 heavy (non-hydrogen) atoms. The molecule has 0 unspecified atom stereocenters. The summed E-state index contributed by atoms with van der Waals surface area (Å²) in [6.45, 7) is 4.23. The minimum atomic E-state index is -0.665. The number of carbonyl (C=O) groups is 1. The molecule has 5 rings (SSSR count). The minimum absolute atomic E-state index is 0.223. The Balaban J connectivity index is 1.51. The van der Waals surface area contributed by atoms with E-state index in [2.05, 4.69) is 4.99 Å². The van der Waals surface area contributed by atoms with E-state index in [0.717, 1.165) is 22.4 Å². The van der Waals surface area contributed by atoms with Crippen molar-refractivity contribution in [3.63, 3.8) is 0 Å². The van der Waals surface area contributed by atoms with Gasteiger partial charge in [-0.15, -0.1) is 0 Å². The van der Waals surface area contributed by atoms with Crippen LogP contribution in [0.2, 0.25) is 0 Å². The first kappa shape index (κ1) is 26.2. The second kappa shape index (κ2) is 11.5. The van der Waals surface area contributed by atoms with Crippen molar-refractivity contribution in [3.05, 3.63) is 127 Å². The fourth-order valence-corrected chi connectivity index (χ4v) is 5.49. The SMILES string of the molecule is CCOC(=O)C1=C(C)N=c2s/c(=C\c3ccc(OCc4ccccc4)cc3)c(=O)n2[C@@H]1c1ccc(OC)cc1. The summed E-state index contributed by atoms with van der Waals surface area (Å²) in [5.74, 6) is 0.937. The molecular formula is C31H28N2O5S. The van der Waals surface area contributed by atoms with Crippen LogP contribution in [0.25, 0.3) is 6.08 Å². The standard InChI is InChI=1S/C31H28N2O5S/c1-4-37-30(35)27-20(2)32-31-33(28(27)23-12-16-24(36-3)17-13-23)29(34)26(39-31)18-21-10-14-25(15-11-21)38-19-22-8-6-5-7-9-22/h5-18,28H,4,19H2,1-3H3/b26-18-/t28-/m1/s1. The van der Waals surface area contributed by atoms with Crippen LogP contribution in [0.3, 0.4) is 0 Å². The number of methoxy groups -OCH3 is 1. The lowest BCUT2D eigenvalue weighted by molar-refractivity contribution is -0.139. The summed E-state index contributed by atoms with van der Waals surface area (Å²) >= 11 is 1.29. The third-order valence-electron chi connectivity index (χ3n) is 6.37. The number of nitrogens with zero attached hydrogens (tertiary/aromatic N) is 2. The molecule has 1 aliphatic rings. The zero-order valence-corrected chi connectivity index (χ0v) is 22.7. The van der Waals surface area contributed by atoms with Gasteiger partial charge < -0.3 is 14.2 Å². The van der Waals surface area contributed by atoms with E-state index < -0.39 is 12.0 Å². The Labute approximate surface area is 229 Å². The van der Waals surface area contributed by atoms with Gasteiger partial charge in [-0.3, -0.25) is 9.36 Å². The molecule has 0 amide bonds. The van der Waals surface area contributed by atoms with Gasteiger partial charge >= 0.3 is 5.97 Å². The van der Waals surface area contributed by atoms with E-state index in [1.54, 1.807) is 25.5 Å². The van der Waals surface area contributed by atoms with Crippen LogP contribution < -0.4 is 24.4 Å². The molecule has 0 saturated heterocycles. The molecule has 3 aromatic carbocycles. The Kier molecular flexibility index (Phi) is 7.74. The molecular weight excluding hydrogens is 512 g/mol. The van der Waals surface area contributed by atoms with Crippen molar-refractivity contribution in [2.45, 2.75) is 26.5 Å². The van der Waals surface area contributed by atoms with Gasteiger partial charge in [-0.2, -0.15) is 0 Å². The van der Waals surface area contributed by atoms with Crippen molar-refractivity contribution in [3.8, 4) is 11.5 Å². The number of allylic oxidation sites excluding steroid dienone is 1. The van der Waals surface area contributed by atoms with Crippen LogP contribution in [0.1, 0.15) is 36.6 Å². The second-order valence-corrected chi connectivity index (χ2v) is 9.93. The van der Waals surface area contributed by atoms with Crippen LogP contribution in [-0.2, 0) is 16.1 Å². The third kappa shape index (κ3) is 5.56. The number of hydrogen-bond acceptors (Lipinski definition) is 7. The zero-order chi connectivity index (χ0) is 27.4. The van der Waals surface area contributed by atoms with Crippen LogP contribution in [0.4, 0.5) is 0 Å². The summed E-state index contributed by atoms with van der Waals surface area (Å²) in [6, 6.07) is 24.2. The summed E-state index contributed by atoms with van der Waals surface area (Å²) in [6.07, 6.45) is 1.83. The van der Waals surface area contributed by atoms with Gasteiger partial charge in [0.25, 0.3) is 5.56 Å². The summed E-state index contributed by atoms with van der Waals surface area (Å²) in [5.41, 5.74) is 3.36. The number of fused-ring (bicyclic) bond motifs is 1. The Morgan fingerprint density at radius 1 is 1.00 bits per heavy atom. The molecule has 0 aliphatic carbocycles. The zero-order valence-electron chi connectivity index (χ0n) is 21.9. The monoisotopic (exact) mass is 540 g/mol. The Hall–Kier alpha value is -4.43. The van der Waals surface area contributed by atoms with E-state index in [-0.39, 0.29) is 12.2 Å². The molecule has 1 aromatic heterocycles. The smallest absolute Gasteiger partial charge is 0.338 e. The lowest BCUT2D eigenvalue weighted by Crippen LogP contribution is -2.39. The van der Waals surface area contributed by atoms with Gasteiger partial charge in [0.2, 0.25) is 0 Å². The summed E-state index contributed by atoms with van der Waals surface area (Å²) in [7, 11) is 1.59. The molecule has 7 nitrogen and oxygen atoms in total. The van der Waals surface area contributed by atoms with Crippen molar-refractivity contribution in [1.82, 2.24) is 4.57 Å². The number of ether oxygens (including phenoxy) is 3. The van der Waals surface area contributed by atoms with E-state index in [1.165, 1.54) is 11.3 Å². The second-order valence-electron chi connectivity index (χ2n) is 8.92. The van der Waals surface area contributed by atoms with E-state index >= 15 is 0 Å². The maximum Gasteiger partial charge on any atom is 0.338 e. The van der Waals surface area contributed by atoms with Crippen LogP contribution >= 0.6 is 11.3 Å². The first-order valence-corrected chi connectivity index (χ1v) is 13.4. The van der Waals surface area contributed by atoms with Gasteiger partial charge in [-0.1, -0.05) is 65.9 Å². The highest BCUT2D eigenvalue weighted by Gasteiger charge is 2.33. The Bertz CT molecular complexity index is 1690. The Morgan fingerprint density at radius 2 is 1.69 bits per heavy atom. The maximum atomic E-state index is 13.7. The molecule has 0 spiro atoms. The van der Waals surface area contributed by atoms with Crippen molar-refractivity contribution in [2.24, 2.45) is 4.99 Å². The summed E-state index contributed by atoms with van der Waals surface area (Å²) in [5, 5.41) is 0. The van der Waals surface area contributed by atoms with Gasteiger partial charge in [-0.25, -0.2) is 9.79 Å². The maximum absolute atomic E-state index is 13.7. The normalized spacial score (nSPS) is 14.9. The third-order valence-corrected chi connectivity index (χ3v) is 7.36. The summed E-state index contributed by atoms with van der Waals surface area (Å²) < 4.78 is 18.6. The predicted molar refractivity (Wildman–Crippen MR) is 151 cm³/mol.